The molecule has 0 bridgehead atoms. The highest BCUT2D eigenvalue weighted by atomic mass is 79.9. The van der Waals surface area contributed by atoms with Crippen LogP contribution < -0.4 is 0 Å². The van der Waals surface area contributed by atoms with Crippen LogP contribution in [-0.4, -0.2) is 5.78 Å². The number of ketones is 1. The van der Waals surface area contributed by atoms with Crippen LogP contribution in [0.1, 0.15) is 70.0 Å². The first kappa shape index (κ1) is 15.4. The summed E-state index contributed by atoms with van der Waals surface area (Å²) >= 11 is 3.60. The smallest absolute Gasteiger partial charge is 0.160 e. The minimum absolute atomic E-state index is 0.0181. The third kappa shape index (κ3) is 3.23. The lowest BCUT2D eigenvalue weighted by atomic mass is 9.79. The first-order valence-electron chi connectivity index (χ1n) is 6.30. The van der Waals surface area contributed by atoms with Gasteiger partial charge in [-0.1, -0.05) is 47.6 Å². The Kier molecular flexibility index (Phi) is 4.12. The van der Waals surface area contributed by atoms with Gasteiger partial charge in [0.05, 0.1) is 0 Å². The molecule has 0 fully saturated rings. The third-order valence-corrected chi connectivity index (χ3v) is 3.98. The summed E-state index contributed by atoms with van der Waals surface area (Å²) in [5.41, 5.74) is 3.25. The highest BCUT2D eigenvalue weighted by Crippen LogP contribution is 2.36. The maximum Gasteiger partial charge on any atom is 0.160 e. The van der Waals surface area contributed by atoms with Crippen LogP contribution in [0.25, 0.3) is 0 Å². The minimum Gasteiger partial charge on any atom is -0.294 e. The summed E-state index contributed by atoms with van der Waals surface area (Å²) in [6.45, 7) is 14.7. The van der Waals surface area contributed by atoms with Crippen molar-refractivity contribution in [3.63, 3.8) is 0 Å². The van der Waals surface area contributed by atoms with E-state index in [1.54, 1.807) is 6.92 Å². The van der Waals surface area contributed by atoms with Crippen molar-refractivity contribution < 1.29 is 4.79 Å². The molecular weight excluding hydrogens is 288 g/mol. The number of hydrogen-bond donors (Lipinski definition) is 0. The van der Waals surface area contributed by atoms with Gasteiger partial charge in [0.15, 0.2) is 5.78 Å². The highest BCUT2D eigenvalue weighted by Gasteiger charge is 2.24. The summed E-state index contributed by atoms with van der Waals surface area (Å²) in [6, 6.07) is 4.23. The summed E-state index contributed by atoms with van der Waals surface area (Å²) < 4.78 is 0.940. The standard InChI is InChI=1S/C16H23BrO/c1-10(18)12-8-11(15(2,3)4)9-13(14(12)17)16(5,6)7/h8-9H,1-7H3. The van der Waals surface area contributed by atoms with Crippen LogP contribution in [0.3, 0.4) is 0 Å². The highest BCUT2D eigenvalue weighted by molar-refractivity contribution is 9.10. The zero-order chi connectivity index (χ0) is 14.3. The number of Topliss-reactive ketones (excluding diaryl/α,β-unsaturated/α-hetero) is 1. The van der Waals surface area contributed by atoms with Gasteiger partial charge in [0, 0.05) is 10.0 Å². The summed E-state index contributed by atoms with van der Waals surface area (Å²) in [5, 5.41) is 0. The monoisotopic (exact) mass is 310 g/mol. The number of halogens is 1. The first-order chi connectivity index (χ1) is 7.94. The molecule has 0 N–H and O–H groups in total. The molecular formula is C16H23BrO. The Bertz CT molecular complexity index is 473. The van der Waals surface area contributed by atoms with Crippen LogP contribution in [0.2, 0.25) is 0 Å². The molecule has 0 amide bonds. The quantitative estimate of drug-likeness (QED) is 0.648. The molecule has 1 aromatic carbocycles. The van der Waals surface area contributed by atoms with Gasteiger partial charge in [-0.25, -0.2) is 0 Å². The lowest BCUT2D eigenvalue weighted by molar-refractivity contribution is 0.101. The molecule has 0 saturated heterocycles. The number of hydrogen-bond acceptors (Lipinski definition) is 1. The number of benzene rings is 1. The van der Waals surface area contributed by atoms with E-state index in [-0.39, 0.29) is 16.6 Å². The second-order valence-corrected chi connectivity index (χ2v) is 7.73. The van der Waals surface area contributed by atoms with Crippen molar-refractivity contribution in [2.24, 2.45) is 0 Å². The normalized spacial score (nSPS) is 12.7. The Morgan fingerprint density at radius 1 is 1.00 bits per heavy atom. The summed E-state index contributed by atoms with van der Waals surface area (Å²) in [6.07, 6.45) is 0. The Balaban J connectivity index is 3.63. The summed E-state index contributed by atoms with van der Waals surface area (Å²) in [5.74, 6) is 0.110. The molecule has 0 aromatic heterocycles. The van der Waals surface area contributed by atoms with Gasteiger partial charge < -0.3 is 0 Å². The van der Waals surface area contributed by atoms with Crippen molar-refractivity contribution in [1.82, 2.24) is 0 Å². The van der Waals surface area contributed by atoms with Crippen molar-refractivity contribution >= 4 is 21.7 Å². The fraction of sp³-hybridized carbons (Fsp3) is 0.562. The van der Waals surface area contributed by atoms with E-state index in [0.29, 0.717) is 0 Å². The molecule has 0 aliphatic carbocycles. The minimum atomic E-state index is 0.0181. The van der Waals surface area contributed by atoms with Crippen LogP contribution >= 0.6 is 15.9 Å². The molecule has 1 nitrogen and oxygen atoms in total. The summed E-state index contributed by atoms with van der Waals surface area (Å²) in [7, 11) is 0. The van der Waals surface area contributed by atoms with Gasteiger partial charge in [0.1, 0.15) is 0 Å². The van der Waals surface area contributed by atoms with Gasteiger partial charge in [-0.2, -0.15) is 0 Å². The third-order valence-electron chi connectivity index (χ3n) is 3.13. The van der Waals surface area contributed by atoms with E-state index in [4.69, 9.17) is 0 Å². The van der Waals surface area contributed by atoms with E-state index < -0.39 is 0 Å². The molecule has 18 heavy (non-hydrogen) atoms. The molecule has 0 saturated carbocycles. The topological polar surface area (TPSA) is 17.1 Å². The van der Waals surface area contributed by atoms with Gasteiger partial charge in [-0.3, -0.25) is 4.79 Å². The van der Waals surface area contributed by atoms with E-state index in [0.717, 1.165) is 10.0 Å². The van der Waals surface area contributed by atoms with E-state index in [1.807, 2.05) is 6.07 Å². The lowest BCUT2D eigenvalue weighted by Crippen LogP contribution is -2.18. The molecule has 0 aliphatic heterocycles. The molecule has 100 valence electrons. The Morgan fingerprint density at radius 2 is 1.50 bits per heavy atom. The molecule has 0 atom stereocenters. The molecule has 0 radical (unpaired) electrons. The second-order valence-electron chi connectivity index (χ2n) is 6.94. The molecule has 1 rings (SSSR count). The van der Waals surface area contributed by atoms with Crippen LogP contribution in [0.4, 0.5) is 0 Å². The van der Waals surface area contributed by atoms with Crippen molar-refractivity contribution in [3.8, 4) is 0 Å². The Hall–Kier alpha value is -0.630. The van der Waals surface area contributed by atoms with Gasteiger partial charge in [-0.15, -0.1) is 0 Å². The van der Waals surface area contributed by atoms with Crippen molar-refractivity contribution in [1.29, 1.82) is 0 Å². The Labute approximate surface area is 119 Å². The number of carbonyl (C=O) groups is 1. The van der Waals surface area contributed by atoms with Crippen molar-refractivity contribution in [3.05, 3.63) is 33.3 Å². The van der Waals surface area contributed by atoms with Gasteiger partial charge in [0.2, 0.25) is 0 Å². The average Bonchev–Trinajstić information content (AvgIpc) is 2.13. The fourth-order valence-electron chi connectivity index (χ4n) is 1.86. The van der Waals surface area contributed by atoms with Gasteiger partial charge in [-0.05, 0) is 50.9 Å². The lowest BCUT2D eigenvalue weighted by Gasteiger charge is -2.27. The van der Waals surface area contributed by atoms with Gasteiger partial charge in [0.25, 0.3) is 0 Å². The van der Waals surface area contributed by atoms with E-state index in [1.165, 1.54) is 11.1 Å². The first-order valence-corrected chi connectivity index (χ1v) is 7.09. The molecule has 0 spiro atoms. The number of carbonyl (C=O) groups excluding carboxylic acids is 1. The van der Waals surface area contributed by atoms with Crippen LogP contribution in [0.15, 0.2) is 16.6 Å². The molecule has 0 aliphatic rings. The van der Waals surface area contributed by atoms with Crippen LogP contribution in [0.5, 0.6) is 0 Å². The fourth-order valence-corrected chi connectivity index (χ4v) is 2.96. The summed E-state index contributed by atoms with van der Waals surface area (Å²) in [4.78, 5) is 11.8. The van der Waals surface area contributed by atoms with Crippen LogP contribution in [-0.2, 0) is 10.8 Å². The maximum atomic E-state index is 11.8. The zero-order valence-electron chi connectivity index (χ0n) is 12.4. The Morgan fingerprint density at radius 3 is 1.83 bits per heavy atom. The van der Waals surface area contributed by atoms with Crippen molar-refractivity contribution in [2.45, 2.75) is 59.3 Å². The number of rotatable bonds is 1. The van der Waals surface area contributed by atoms with E-state index in [2.05, 4.69) is 63.5 Å². The SMILES string of the molecule is CC(=O)c1cc(C(C)(C)C)cc(C(C)(C)C)c1Br. The molecule has 0 unspecified atom stereocenters. The molecule has 1 aromatic rings. The zero-order valence-corrected chi connectivity index (χ0v) is 14.0. The predicted octanol–water partition coefficient (Wildman–Crippen LogP) is 5.25. The average molecular weight is 311 g/mol. The maximum absolute atomic E-state index is 11.8. The van der Waals surface area contributed by atoms with Gasteiger partial charge >= 0.3 is 0 Å². The van der Waals surface area contributed by atoms with E-state index in [9.17, 15) is 4.79 Å². The van der Waals surface area contributed by atoms with Crippen LogP contribution in [0, 0.1) is 0 Å². The predicted molar refractivity (Wildman–Crippen MR) is 81.5 cm³/mol. The second kappa shape index (κ2) is 4.80. The molecule has 2 heteroatoms. The van der Waals surface area contributed by atoms with Crippen molar-refractivity contribution in [2.75, 3.05) is 0 Å². The largest absolute Gasteiger partial charge is 0.294 e. The molecule has 0 heterocycles. The van der Waals surface area contributed by atoms with E-state index >= 15 is 0 Å².